The van der Waals surface area contributed by atoms with Crippen molar-refractivity contribution in [3.05, 3.63) is 64.5 Å². The van der Waals surface area contributed by atoms with E-state index < -0.39 is 0 Å². The lowest BCUT2D eigenvalue weighted by Gasteiger charge is -2.15. The number of rotatable bonds is 4. The van der Waals surface area contributed by atoms with Crippen molar-refractivity contribution in [2.24, 2.45) is 0 Å². The van der Waals surface area contributed by atoms with Crippen LogP contribution >= 0.6 is 0 Å². The summed E-state index contributed by atoms with van der Waals surface area (Å²) in [6.45, 7) is 5.12. The fraction of sp³-hybridized carbons (Fsp3) is 0.389. The van der Waals surface area contributed by atoms with Crippen molar-refractivity contribution in [3.63, 3.8) is 0 Å². The standard InChI is InChI=1S/C18H22N2/c1-13-6-7-15(11-19-13)12-20-14(2)17-9-8-16-4-3-5-18(16)10-17/h6-11,14,20H,3-5,12H2,1-2H3. The predicted molar refractivity (Wildman–Crippen MR) is 82.7 cm³/mol. The third-order valence-corrected chi connectivity index (χ3v) is 4.21. The maximum Gasteiger partial charge on any atom is 0.0372 e. The molecule has 0 saturated heterocycles. The molecule has 104 valence electrons. The average molecular weight is 266 g/mol. The highest BCUT2D eigenvalue weighted by Gasteiger charge is 2.13. The Hall–Kier alpha value is -1.67. The third kappa shape index (κ3) is 2.91. The smallest absolute Gasteiger partial charge is 0.0372 e. The Bertz CT molecular complexity index is 587. The van der Waals surface area contributed by atoms with E-state index in [1.807, 2.05) is 13.1 Å². The van der Waals surface area contributed by atoms with Gasteiger partial charge in [-0.05, 0) is 61.4 Å². The zero-order chi connectivity index (χ0) is 13.9. The molecular weight excluding hydrogens is 244 g/mol. The number of nitrogens with one attached hydrogen (secondary N) is 1. The van der Waals surface area contributed by atoms with E-state index in [0.29, 0.717) is 6.04 Å². The van der Waals surface area contributed by atoms with Crippen molar-refractivity contribution in [3.8, 4) is 0 Å². The van der Waals surface area contributed by atoms with Gasteiger partial charge in [-0.3, -0.25) is 4.98 Å². The maximum atomic E-state index is 4.34. The molecule has 0 amide bonds. The largest absolute Gasteiger partial charge is 0.306 e. The quantitative estimate of drug-likeness (QED) is 0.912. The summed E-state index contributed by atoms with van der Waals surface area (Å²) >= 11 is 0. The molecule has 1 aromatic carbocycles. The lowest BCUT2D eigenvalue weighted by atomic mass is 10.0. The summed E-state index contributed by atoms with van der Waals surface area (Å²) in [5.74, 6) is 0. The van der Waals surface area contributed by atoms with Crippen LogP contribution in [0.5, 0.6) is 0 Å². The first kappa shape index (κ1) is 13.3. The SMILES string of the molecule is Cc1ccc(CNC(C)c2ccc3c(c2)CCC3)cn1. The van der Waals surface area contributed by atoms with Crippen molar-refractivity contribution in [2.45, 2.75) is 45.7 Å². The summed E-state index contributed by atoms with van der Waals surface area (Å²) in [7, 11) is 0. The highest BCUT2D eigenvalue weighted by molar-refractivity contribution is 5.36. The van der Waals surface area contributed by atoms with Crippen molar-refractivity contribution in [2.75, 3.05) is 0 Å². The normalized spacial score (nSPS) is 15.1. The van der Waals surface area contributed by atoms with Gasteiger partial charge in [0.2, 0.25) is 0 Å². The number of aromatic nitrogens is 1. The number of pyridine rings is 1. The minimum absolute atomic E-state index is 0.377. The topological polar surface area (TPSA) is 24.9 Å². The van der Waals surface area contributed by atoms with Gasteiger partial charge in [0, 0.05) is 24.5 Å². The van der Waals surface area contributed by atoms with Crippen LogP contribution in [0.3, 0.4) is 0 Å². The molecule has 1 aliphatic rings. The van der Waals surface area contributed by atoms with E-state index in [1.165, 1.54) is 30.4 Å². The monoisotopic (exact) mass is 266 g/mol. The molecule has 1 unspecified atom stereocenters. The van der Waals surface area contributed by atoms with Crippen molar-refractivity contribution in [1.29, 1.82) is 0 Å². The Morgan fingerprint density at radius 2 is 2.00 bits per heavy atom. The number of aryl methyl sites for hydroxylation is 3. The van der Waals surface area contributed by atoms with E-state index in [2.05, 4.69) is 47.6 Å². The molecule has 0 saturated carbocycles. The van der Waals surface area contributed by atoms with Crippen LogP contribution in [0.1, 0.15) is 47.3 Å². The maximum absolute atomic E-state index is 4.34. The molecule has 0 radical (unpaired) electrons. The minimum Gasteiger partial charge on any atom is -0.306 e. The average Bonchev–Trinajstić information content (AvgIpc) is 2.93. The highest BCUT2D eigenvalue weighted by Crippen LogP contribution is 2.25. The number of fused-ring (bicyclic) bond motifs is 1. The second-order valence-corrected chi connectivity index (χ2v) is 5.79. The van der Waals surface area contributed by atoms with Crippen molar-refractivity contribution < 1.29 is 0 Å². The van der Waals surface area contributed by atoms with Gasteiger partial charge in [0.25, 0.3) is 0 Å². The van der Waals surface area contributed by atoms with Crippen LogP contribution in [0.2, 0.25) is 0 Å². The summed E-state index contributed by atoms with van der Waals surface area (Å²) in [4.78, 5) is 4.34. The minimum atomic E-state index is 0.377. The molecule has 0 spiro atoms. The van der Waals surface area contributed by atoms with Crippen LogP contribution in [-0.4, -0.2) is 4.98 Å². The van der Waals surface area contributed by atoms with E-state index in [0.717, 1.165) is 12.2 Å². The molecule has 1 aliphatic carbocycles. The van der Waals surface area contributed by atoms with E-state index in [-0.39, 0.29) is 0 Å². The predicted octanol–water partition coefficient (Wildman–Crippen LogP) is 3.73. The van der Waals surface area contributed by atoms with Gasteiger partial charge >= 0.3 is 0 Å². The number of benzene rings is 1. The van der Waals surface area contributed by atoms with Gasteiger partial charge in [0.1, 0.15) is 0 Å². The second-order valence-electron chi connectivity index (χ2n) is 5.79. The van der Waals surface area contributed by atoms with Gasteiger partial charge in [0.15, 0.2) is 0 Å². The summed E-state index contributed by atoms with van der Waals surface area (Å²) in [5.41, 5.74) is 6.80. The molecule has 1 N–H and O–H groups in total. The summed E-state index contributed by atoms with van der Waals surface area (Å²) in [5, 5.41) is 3.59. The lowest BCUT2D eigenvalue weighted by molar-refractivity contribution is 0.573. The van der Waals surface area contributed by atoms with Gasteiger partial charge in [-0.1, -0.05) is 24.3 Å². The zero-order valence-corrected chi connectivity index (χ0v) is 12.3. The van der Waals surface area contributed by atoms with E-state index in [9.17, 15) is 0 Å². The van der Waals surface area contributed by atoms with Crippen LogP contribution in [0, 0.1) is 6.92 Å². The molecule has 0 fully saturated rings. The summed E-state index contributed by atoms with van der Waals surface area (Å²) < 4.78 is 0. The van der Waals surface area contributed by atoms with Gasteiger partial charge in [-0.2, -0.15) is 0 Å². The van der Waals surface area contributed by atoms with Gasteiger partial charge in [-0.15, -0.1) is 0 Å². The van der Waals surface area contributed by atoms with Crippen molar-refractivity contribution >= 4 is 0 Å². The Labute approximate surface area is 121 Å². The molecule has 2 nitrogen and oxygen atoms in total. The molecule has 1 atom stereocenters. The first-order valence-corrected chi connectivity index (χ1v) is 7.49. The third-order valence-electron chi connectivity index (χ3n) is 4.21. The fourth-order valence-electron chi connectivity index (χ4n) is 2.85. The number of hydrogen-bond donors (Lipinski definition) is 1. The van der Waals surface area contributed by atoms with Crippen LogP contribution in [0.15, 0.2) is 36.5 Å². The van der Waals surface area contributed by atoms with E-state index in [1.54, 1.807) is 11.1 Å². The summed E-state index contributed by atoms with van der Waals surface area (Å²) in [6, 6.07) is 11.6. The van der Waals surface area contributed by atoms with Crippen LogP contribution < -0.4 is 5.32 Å². The highest BCUT2D eigenvalue weighted by atomic mass is 14.9. The molecular formula is C18H22N2. The molecule has 2 aromatic rings. The van der Waals surface area contributed by atoms with Crippen LogP contribution in [-0.2, 0) is 19.4 Å². The first-order chi connectivity index (χ1) is 9.72. The number of hydrogen-bond acceptors (Lipinski definition) is 2. The Balaban J connectivity index is 1.64. The molecule has 2 heteroatoms. The molecule has 0 bridgehead atoms. The lowest BCUT2D eigenvalue weighted by Crippen LogP contribution is -2.18. The fourth-order valence-corrected chi connectivity index (χ4v) is 2.85. The van der Waals surface area contributed by atoms with E-state index >= 15 is 0 Å². The molecule has 0 aliphatic heterocycles. The molecule has 1 aromatic heterocycles. The molecule has 1 heterocycles. The van der Waals surface area contributed by atoms with Crippen LogP contribution in [0.4, 0.5) is 0 Å². The van der Waals surface area contributed by atoms with Gasteiger partial charge in [0.05, 0.1) is 0 Å². The summed E-state index contributed by atoms with van der Waals surface area (Å²) in [6.07, 6.45) is 5.78. The Kier molecular flexibility index (Phi) is 3.83. The van der Waals surface area contributed by atoms with Gasteiger partial charge < -0.3 is 5.32 Å². The van der Waals surface area contributed by atoms with Crippen LogP contribution in [0.25, 0.3) is 0 Å². The zero-order valence-electron chi connectivity index (χ0n) is 12.3. The molecule has 20 heavy (non-hydrogen) atoms. The van der Waals surface area contributed by atoms with E-state index in [4.69, 9.17) is 0 Å². The Morgan fingerprint density at radius 3 is 2.80 bits per heavy atom. The van der Waals surface area contributed by atoms with Crippen molar-refractivity contribution in [1.82, 2.24) is 10.3 Å². The molecule has 3 rings (SSSR count). The number of nitrogens with zero attached hydrogens (tertiary/aromatic N) is 1. The van der Waals surface area contributed by atoms with Gasteiger partial charge in [-0.25, -0.2) is 0 Å². The Morgan fingerprint density at radius 1 is 1.15 bits per heavy atom. The first-order valence-electron chi connectivity index (χ1n) is 7.49. The second kappa shape index (κ2) is 5.76.